The molecule has 2 saturated heterocycles. The van der Waals surface area contributed by atoms with E-state index >= 15 is 0 Å². The molecule has 2 aromatic carbocycles. The number of hydrogen-bond acceptors (Lipinski definition) is 6. The molecule has 2 fully saturated rings. The summed E-state index contributed by atoms with van der Waals surface area (Å²) in [5, 5.41) is 4.22. The van der Waals surface area contributed by atoms with Crippen LogP contribution >= 0.6 is 0 Å². The van der Waals surface area contributed by atoms with Gasteiger partial charge in [-0.1, -0.05) is 23.4 Å². The van der Waals surface area contributed by atoms with Gasteiger partial charge in [-0.05, 0) is 43.2 Å². The zero-order valence-electron chi connectivity index (χ0n) is 18.6. The fourth-order valence-corrected chi connectivity index (χ4v) is 4.68. The number of nitrogens with zero attached hydrogens (tertiary/aromatic N) is 2. The molecule has 3 aliphatic rings. The molecule has 2 atom stereocenters. The highest BCUT2D eigenvalue weighted by Crippen LogP contribution is 2.37. The van der Waals surface area contributed by atoms with E-state index in [-0.39, 0.29) is 30.1 Å². The molecule has 180 valence electrons. The van der Waals surface area contributed by atoms with Gasteiger partial charge in [0.15, 0.2) is 17.1 Å². The van der Waals surface area contributed by atoms with Crippen molar-refractivity contribution < 1.29 is 32.6 Å². The van der Waals surface area contributed by atoms with Gasteiger partial charge in [0.2, 0.25) is 0 Å². The van der Waals surface area contributed by atoms with Crippen molar-refractivity contribution in [3.8, 4) is 11.5 Å². The van der Waals surface area contributed by atoms with Crippen LogP contribution < -0.4 is 9.47 Å². The maximum atomic E-state index is 13.0. The number of carbonyl (C=O) groups excluding carboxylic acids is 1. The average Bonchev–Trinajstić information content (AvgIpc) is 3.60. The van der Waals surface area contributed by atoms with E-state index < -0.39 is 12.2 Å². The summed E-state index contributed by atoms with van der Waals surface area (Å²) < 4.78 is 42.1. The van der Waals surface area contributed by atoms with Crippen LogP contribution in [0.1, 0.15) is 41.6 Å². The predicted molar refractivity (Wildman–Crippen MR) is 119 cm³/mol. The third-order valence-corrected chi connectivity index (χ3v) is 6.49. The van der Waals surface area contributed by atoms with Gasteiger partial charge >= 0.3 is 6.61 Å². The van der Waals surface area contributed by atoms with Gasteiger partial charge in [0, 0.05) is 30.5 Å². The molecule has 0 radical (unpaired) electrons. The molecule has 34 heavy (non-hydrogen) atoms. The molecule has 1 unspecified atom stereocenters. The summed E-state index contributed by atoms with van der Waals surface area (Å²) in [6.07, 6.45) is 2.95. The number of ether oxygens (including phenoxy) is 3. The number of hydrogen-bond donors (Lipinski definition) is 0. The van der Waals surface area contributed by atoms with Gasteiger partial charge in [-0.15, -0.1) is 0 Å². The van der Waals surface area contributed by atoms with E-state index in [4.69, 9.17) is 14.3 Å². The Hall–Kier alpha value is -3.20. The fraction of sp³-hybridized carbons (Fsp3) is 0.440. The molecular weight excluding hydrogens is 446 g/mol. The Labute approximate surface area is 196 Å². The van der Waals surface area contributed by atoms with Gasteiger partial charge in [0.25, 0.3) is 5.91 Å². The predicted octanol–water partition coefficient (Wildman–Crippen LogP) is 4.26. The number of rotatable bonds is 7. The Kier molecular flexibility index (Phi) is 6.36. The number of alkyl halides is 2. The van der Waals surface area contributed by atoms with Gasteiger partial charge in [-0.2, -0.15) is 8.78 Å². The van der Waals surface area contributed by atoms with Crippen molar-refractivity contribution in [2.45, 2.75) is 43.9 Å². The number of halogens is 2. The minimum Gasteiger partial charge on any atom is -0.488 e. The largest absolute Gasteiger partial charge is 0.488 e. The molecular formula is C25H26F2N2O5. The van der Waals surface area contributed by atoms with Crippen LogP contribution in [0, 0.1) is 0 Å². The smallest absolute Gasteiger partial charge is 0.387 e. The van der Waals surface area contributed by atoms with Gasteiger partial charge in [-0.3, -0.25) is 4.79 Å². The highest BCUT2D eigenvalue weighted by atomic mass is 19.3. The highest BCUT2D eigenvalue weighted by molar-refractivity contribution is 6.02. The molecule has 0 saturated carbocycles. The molecule has 1 spiro atoms. The third-order valence-electron chi connectivity index (χ3n) is 6.49. The lowest BCUT2D eigenvalue weighted by Gasteiger charge is -2.25. The molecule has 0 bridgehead atoms. The summed E-state index contributed by atoms with van der Waals surface area (Å²) in [6, 6.07) is 13.7. The Morgan fingerprint density at radius 1 is 1.21 bits per heavy atom. The molecule has 9 heteroatoms. The summed E-state index contributed by atoms with van der Waals surface area (Å²) >= 11 is 0. The number of oxime groups is 1. The lowest BCUT2D eigenvalue weighted by molar-refractivity contribution is -0.0516. The minimum atomic E-state index is -2.98. The SMILES string of the molecule is O=C(c1ccccc1)N1CCC[C@@H]1COc1cc(C2=NOC3(CCOC3)C2)ccc1OC(F)F. The van der Waals surface area contributed by atoms with Crippen LogP contribution in [-0.2, 0) is 9.57 Å². The van der Waals surface area contributed by atoms with Crippen molar-refractivity contribution in [3.63, 3.8) is 0 Å². The number of carbonyl (C=O) groups is 1. The Bertz CT molecular complexity index is 1060. The maximum Gasteiger partial charge on any atom is 0.387 e. The third kappa shape index (κ3) is 4.70. The van der Waals surface area contributed by atoms with Gasteiger partial charge < -0.3 is 23.9 Å². The second kappa shape index (κ2) is 9.58. The van der Waals surface area contributed by atoms with Crippen molar-refractivity contribution >= 4 is 11.6 Å². The van der Waals surface area contributed by atoms with Gasteiger partial charge in [0.05, 0.1) is 25.0 Å². The number of amides is 1. The zero-order valence-corrected chi connectivity index (χ0v) is 18.6. The van der Waals surface area contributed by atoms with E-state index in [0.29, 0.717) is 43.0 Å². The van der Waals surface area contributed by atoms with E-state index in [2.05, 4.69) is 9.89 Å². The summed E-state index contributed by atoms with van der Waals surface area (Å²) in [7, 11) is 0. The van der Waals surface area contributed by atoms with Gasteiger partial charge in [-0.25, -0.2) is 0 Å². The summed E-state index contributed by atoms with van der Waals surface area (Å²) in [5.41, 5.74) is 1.59. The van der Waals surface area contributed by atoms with Crippen LogP contribution in [-0.4, -0.2) is 61.1 Å². The van der Waals surface area contributed by atoms with Crippen LogP contribution in [0.25, 0.3) is 0 Å². The Balaban J connectivity index is 1.31. The molecule has 3 heterocycles. The van der Waals surface area contributed by atoms with Crippen LogP contribution in [0.3, 0.4) is 0 Å². The average molecular weight is 472 g/mol. The monoisotopic (exact) mass is 472 g/mol. The van der Waals surface area contributed by atoms with E-state index in [1.807, 2.05) is 18.2 Å². The second-order valence-corrected chi connectivity index (χ2v) is 8.80. The summed E-state index contributed by atoms with van der Waals surface area (Å²) in [6.45, 7) is -1.09. The first-order chi connectivity index (χ1) is 16.5. The van der Waals surface area contributed by atoms with Crippen LogP contribution in [0.4, 0.5) is 8.78 Å². The van der Waals surface area contributed by atoms with Crippen molar-refractivity contribution in [1.29, 1.82) is 0 Å². The van der Waals surface area contributed by atoms with Gasteiger partial charge in [0.1, 0.15) is 6.61 Å². The zero-order chi connectivity index (χ0) is 23.5. The van der Waals surface area contributed by atoms with Crippen LogP contribution in [0.15, 0.2) is 53.7 Å². The number of likely N-dealkylation sites (tertiary alicyclic amines) is 1. The normalized spacial score (nSPS) is 23.9. The quantitative estimate of drug-likeness (QED) is 0.603. The molecule has 1 amide bonds. The minimum absolute atomic E-state index is 0.0592. The van der Waals surface area contributed by atoms with Crippen LogP contribution in [0.5, 0.6) is 11.5 Å². The Morgan fingerprint density at radius 3 is 2.82 bits per heavy atom. The molecule has 5 rings (SSSR count). The molecule has 2 aromatic rings. The first kappa shape index (κ1) is 22.6. The lowest BCUT2D eigenvalue weighted by atomic mass is 9.93. The van der Waals surface area contributed by atoms with E-state index in [1.54, 1.807) is 29.2 Å². The van der Waals surface area contributed by atoms with Crippen molar-refractivity contribution in [2.24, 2.45) is 5.16 Å². The fourth-order valence-electron chi connectivity index (χ4n) is 4.68. The number of benzene rings is 2. The van der Waals surface area contributed by atoms with E-state index in [1.165, 1.54) is 6.07 Å². The maximum absolute atomic E-state index is 13.0. The Morgan fingerprint density at radius 2 is 2.06 bits per heavy atom. The molecule has 0 N–H and O–H groups in total. The summed E-state index contributed by atoms with van der Waals surface area (Å²) in [5.74, 6) is 0.0605. The molecule has 3 aliphatic heterocycles. The lowest BCUT2D eigenvalue weighted by Crippen LogP contribution is -2.39. The first-order valence-corrected chi connectivity index (χ1v) is 11.4. The van der Waals surface area contributed by atoms with Crippen molar-refractivity contribution in [2.75, 3.05) is 26.4 Å². The molecule has 0 aliphatic carbocycles. The molecule has 0 aromatic heterocycles. The first-order valence-electron chi connectivity index (χ1n) is 11.4. The molecule has 7 nitrogen and oxygen atoms in total. The van der Waals surface area contributed by atoms with Crippen molar-refractivity contribution in [3.05, 3.63) is 59.7 Å². The standard InChI is InChI=1S/C25H26F2N2O5/c26-24(27)33-21-9-8-18(20-14-25(34-28-20)10-12-31-16-25)13-22(21)32-15-19-7-4-11-29(19)23(30)17-5-2-1-3-6-17/h1-3,5-6,8-9,13,19,24H,4,7,10-12,14-16H2/t19-,25?/m1/s1. The van der Waals surface area contributed by atoms with E-state index in [0.717, 1.165) is 19.3 Å². The second-order valence-electron chi connectivity index (χ2n) is 8.80. The summed E-state index contributed by atoms with van der Waals surface area (Å²) in [4.78, 5) is 20.4. The topological polar surface area (TPSA) is 69.6 Å². The van der Waals surface area contributed by atoms with E-state index in [9.17, 15) is 13.6 Å². The highest BCUT2D eigenvalue weighted by Gasteiger charge is 2.43. The van der Waals surface area contributed by atoms with Crippen molar-refractivity contribution in [1.82, 2.24) is 4.90 Å². The van der Waals surface area contributed by atoms with Crippen LogP contribution in [0.2, 0.25) is 0 Å².